The van der Waals surface area contributed by atoms with E-state index in [0.717, 1.165) is 5.75 Å². The van der Waals surface area contributed by atoms with Crippen molar-refractivity contribution in [2.45, 2.75) is 20.8 Å². The Morgan fingerprint density at radius 2 is 1.52 bits per heavy atom. The van der Waals surface area contributed by atoms with Gasteiger partial charge in [0.2, 0.25) is 0 Å². The molecule has 3 heteroatoms. The molecule has 2 aromatic carbocycles. The largest absolute Gasteiger partial charge is 0.486 e. The lowest BCUT2D eigenvalue weighted by Gasteiger charge is -2.17. The van der Waals surface area contributed by atoms with Crippen LogP contribution >= 0.6 is 0 Å². The number of carbonyl (C=O) groups is 1. The van der Waals surface area contributed by atoms with Crippen LogP contribution in [-0.4, -0.2) is 12.4 Å². The number of ether oxygens (including phenoxy) is 2. The number of hydrogen-bond donors (Lipinski definition) is 0. The Hall–Kier alpha value is -2.29. The Labute approximate surface area is 125 Å². The molecular formula is C18H20O3. The van der Waals surface area contributed by atoms with E-state index in [4.69, 9.17) is 9.47 Å². The van der Waals surface area contributed by atoms with Crippen LogP contribution in [0.15, 0.2) is 54.6 Å². The quantitative estimate of drug-likeness (QED) is 0.812. The van der Waals surface area contributed by atoms with Crippen LogP contribution in [0.1, 0.15) is 20.8 Å². The van der Waals surface area contributed by atoms with Crippen LogP contribution in [0.25, 0.3) is 0 Å². The number of Topliss-reactive ketones (excluding diaryl/α,β-unsaturated/α-hetero) is 1. The Bertz CT molecular complexity index is 597. The summed E-state index contributed by atoms with van der Waals surface area (Å²) >= 11 is 0. The lowest BCUT2D eigenvalue weighted by atomic mass is 9.91. The van der Waals surface area contributed by atoms with E-state index in [1.807, 2.05) is 69.3 Å². The van der Waals surface area contributed by atoms with Gasteiger partial charge in [-0.3, -0.25) is 4.79 Å². The van der Waals surface area contributed by atoms with Gasteiger partial charge in [-0.15, -0.1) is 0 Å². The standard InChI is InChI=1S/C18H20O3/c1-18(2,3)17(19)13-20-15-10-7-11-16(12-15)21-14-8-5-4-6-9-14/h4-12H,13H2,1-3H3. The lowest BCUT2D eigenvalue weighted by molar-refractivity contribution is -0.128. The van der Waals surface area contributed by atoms with Crippen molar-refractivity contribution in [1.29, 1.82) is 0 Å². The Morgan fingerprint density at radius 3 is 2.19 bits per heavy atom. The van der Waals surface area contributed by atoms with E-state index in [-0.39, 0.29) is 12.4 Å². The smallest absolute Gasteiger partial charge is 0.175 e. The molecule has 0 N–H and O–H groups in total. The first kappa shape index (κ1) is 15.1. The van der Waals surface area contributed by atoms with E-state index < -0.39 is 5.41 Å². The maximum Gasteiger partial charge on any atom is 0.175 e. The molecule has 0 aliphatic rings. The minimum absolute atomic E-state index is 0.0666. The fraction of sp³-hybridized carbons (Fsp3) is 0.278. The fourth-order valence-electron chi connectivity index (χ4n) is 1.62. The van der Waals surface area contributed by atoms with Gasteiger partial charge in [-0.2, -0.15) is 0 Å². The summed E-state index contributed by atoms with van der Waals surface area (Å²) in [5.74, 6) is 2.14. The number of benzene rings is 2. The van der Waals surface area contributed by atoms with Crippen molar-refractivity contribution in [1.82, 2.24) is 0 Å². The minimum Gasteiger partial charge on any atom is -0.486 e. The summed E-state index contributed by atoms with van der Waals surface area (Å²) in [7, 11) is 0. The van der Waals surface area contributed by atoms with E-state index >= 15 is 0 Å². The molecule has 0 heterocycles. The topological polar surface area (TPSA) is 35.5 Å². The highest BCUT2D eigenvalue weighted by molar-refractivity contribution is 5.85. The Morgan fingerprint density at radius 1 is 0.905 bits per heavy atom. The van der Waals surface area contributed by atoms with Gasteiger partial charge in [0.05, 0.1) is 0 Å². The number of para-hydroxylation sites is 1. The van der Waals surface area contributed by atoms with Crippen molar-refractivity contribution >= 4 is 5.78 Å². The van der Waals surface area contributed by atoms with Crippen LogP contribution in [-0.2, 0) is 4.79 Å². The maximum atomic E-state index is 11.9. The second-order valence-corrected chi connectivity index (χ2v) is 5.85. The van der Waals surface area contributed by atoms with E-state index in [2.05, 4.69) is 0 Å². The summed E-state index contributed by atoms with van der Waals surface area (Å²) in [6.07, 6.45) is 0. The molecule has 0 saturated heterocycles. The van der Waals surface area contributed by atoms with Gasteiger partial charge < -0.3 is 9.47 Å². The van der Waals surface area contributed by atoms with Crippen molar-refractivity contribution in [2.75, 3.05) is 6.61 Å². The predicted molar refractivity (Wildman–Crippen MR) is 82.9 cm³/mol. The van der Waals surface area contributed by atoms with Gasteiger partial charge >= 0.3 is 0 Å². The normalized spacial score (nSPS) is 11.0. The highest BCUT2D eigenvalue weighted by Gasteiger charge is 2.21. The molecular weight excluding hydrogens is 264 g/mol. The molecule has 2 aromatic rings. The fourth-order valence-corrected chi connectivity index (χ4v) is 1.62. The molecule has 0 radical (unpaired) electrons. The van der Waals surface area contributed by atoms with Gasteiger partial charge in [0.25, 0.3) is 0 Å². The van der Waals surface area contributed by atoms with Gasteiger partial charge in [0, 0.05) is 11.5 Å². The first-order valence-corrected chi connectivity index (χ1v) is 6.94. The SMILES string of the molecule is CC(C)(C)C(=O)COc1cccc(Oc2ccccc2)c1. The van der Waals surface area contributed by atoms with Crippen LogP contribution in [0.4, 0.5) is 0 Å². The van der Waals surface area contributed by atoms with Crippen molar-refractivity contribution in [2.24, 2.45) is 5.41 Å². The molecule has 0 aliphatic heterocycles. The molecule has 0 fully saturated rings. The summed E-state index contributed by atoms with van der Waals surface area (Å²) in [6.45, 7) is 5.72. The van der Waals surface area contributed by atoms with Crippen molar-refractivity contribution < 1.29 is 14.3 Å². The molecule has 0 saturated carbocycles. The van der Waals surface area contributed by atoms with Crippen LogP contribution < -0.4 is 9.47 Å². The van der Waals surface area contributed by atoms with E-state index in [1.54, 1.807) is 6.07 Å². The van der Waals surface area contributed by atoms with Crippen LogP contribution in [0, 0.1) is 5.41 Å². The summed E-state index contributed by atoms with van der Waals surface area (Å²) < 4.78 is 11.3. The minimum atomic E-state index is -0.391. The van der Waals surface area contributed by atoms with Crippen molar-refractivity contribution in [3.8, 4) is 17.2 Å². The zero-order chi connectivity index (χ0) is 15.3. The Balaban J connectivity index is 2.00. The van der Waals surface area contributed by atoms with E-state index in [1.165, 1.54) is 0 Å². The number of hydrogen-bond acceptors (Lipinski definition) is 3. The van der Waals surface area contributed by atoms with Gasteiger partial charge in [-0.05, 0) is 24.3 Å². The number of rotatable bonds is 5. The van der Waals surface area contributed by atoms with Gasteiger partial charge in [0.15, 0.2) is 5.78 Å². The third-order valence-corrected chi connectivity index (χ3v) is 2.99. The Kier molecular flexibility index (Phi) is 4.63. The molecule has 0 bridgehead atoms. The first-order valence-electron chi connectivity index (χ1n) is 6.94. The second-order valence-electron chi connectivity index (χ2n) is 5.85. The van der Waals surface area contributed by atoms with Crippen LogP contribution in [0.2, 0.25) is 0 Å². The third-order valence-electron chi connectivity index (χ3n) is 2.99. The van der Waals surface area contributed by atoms with Gasteiger partial charge in [-0.1, -0.05) is 45.0 Å². The zero-order valence-corrected chi connectivity index (χ0v) is 12.6. The van der Waals surface area contributed by atoms with Crippen LogP contribution in [0.3, 0.4) is 0 Å². The molecule has 3 nitrogen and oxygen atoms in total. The second kappa shape index (κ2) is 6.44. The molecule has 0 aliphatic carbocycles. The predicted octanol–water partition coefficient (Wildman–Crippen LogP) is 4.47. The van der Waals surface area contributed by atoms with E-state index in [9.17, 15) is 4.79 Å². The average molecular weight is 284 g/mol. The highest BCUT2D eigenvalue weighted by Crippen LogP contribution is 2.25. The zero-order valence-electron chi connectivity index (χ0n) is 12.6. The third kappa shape index (κ3) is 4.63. The summed E-state index contributed by atoms with van der Waals surface area (Å²) in [5, 5.41) is 0. The molecule has 2 rings (SSSR count). The number of ketones is 1. The van der Waals surface area contributed by atoms with Gasteiger partial charge in [-0.25, -0.2) is 0 Å². The lowest BCUT2D eigenvalue weighted by Crippen LogP contribution is -2.26. The van der Waals surface area contributed by atoms with E-state index in [0.29, 0.717) is 11.5 Å². The van der Waals surface area contributed by atoms with Gasteiger partial charge in [0.1, 0.15) is 23.9 Å². The van der Waals surface area contributed by atoms with Crippen molar-refractivity contribution in [3.63, 3.8) is 0 Å². The molecule has 0 atom stereocenters. The first-order chi connectivity index (χ1) is 9.95. The number of carbonyl (C=O) groups excluding carboxylic acids is 1. The maximum absolute atomic E-state index is 11.9. The molecule has 0 aromatic heterocycles. The average Bonchev–Trinajstić information content (AvgIpc) is 2.45. The molecule has 21 heavy (non-hydrogen) atoms. The highest BCUT2D eigenvalue weighted by atomic mass is 16.5. The molecule has 110 valence electrons. The molecule has 0 amide bonds. The summed E-state index contributed by atoms with van der Waals surface area (Å²) in [4.78, 5) is 11.9. The molecule has 0 spiro atoms. The van der Waals surface area contributed by atoms with Crippen LogP contribution in [0.5, 0.6) is 17.2 Å². The van der Waals surface area contributed by atoms with Crippen molar-refractivity contribution in [3.05, 3.63) is 54.6 Å². The molecule has 0 unspecified atom stereocenters. The summed E-state index contributed by atoms with van der Waals surface area (Å²) in [6, 6.07) is 16.8. The monoisotopic (exact) mass is 284 g/mol. The summed E-state index contributed by atoms with van der Waals surface area (Å²) in [5.41, 5.74) is -0.391.